The molecule has 3 aromatic rings. The number of nitrogens with one attached hydrogen (secondary N) is 1. The number of aromatic amines is 1. The van der Waals surface area contributed by atoms with Gasteiger partial charge in [-0.15, -0.1) is 0 Å². The fourth-order valence-electron chi connectivity index (χ4n) is 2.59. The van der Waals surface area contributed by atoms with Gasteiger partial charge >= 0.3 is 0 Å². The van der Waals surface area contributed by atoms with Crippen molar-refractivity contribution in [2.45, 2.75) is 27.2 Å². The van der Waals surface area contributed by atoms with Crippen molar-refractivity contribution in [3.05, 3.63) is 40.9 Å². The Balaban J connectivity index is 1.95. The molecule has 4 nitrogen and oxygen atoms in total. The molecule has 0 spiro atoms. The van der Waals surface area contributed by atoms with Crippen molar-refractivity contribution >= 4 is 27.0 Å². The van der Waals surface area contributed by atoms with Gasteiger partial charge in [-0.05, 0) is 59.5 Å². The highest BCUT2D eigenvalue weighted by atomic mass is 79.9. The molecule has 25 heavy (non-hydrogen) atoms. The number of aromatic nitrogens is 2. The minimum atomic E-state index is 0.580. The first kappa shape index (κ1) is 17.8. The summed E-state index contributed by atoms with van der Waals surface area (Å²) in [7, 11) is 0. The largest absolute Gasteiger partial charge is 0.490 e. The van der Waals surface area contributed by atoms with Crippen LogP contribution in [0, 0.1) is 5.92 Å². The lowest BCUT2D eigenvalue weighted by molar-refractivity contribution is 0.260. The van der Waals surface area contributed by atoms with Gasteiger partial charge in [0.1, 0.15) is 5.82 Å². The number of para-hydroxylation sites is 2. The molecule has 3 rings (SSSR count). The van der Waals surface area contributed by atoms with E-state index in [9.17, 15) is 0 Å². The summed E-state index contributed by atoms with van der Waals surface area (Å²) in [5.74, 6) is 2.90. The van der Waals surface area contributed by atoms with Crippen LogP contribution in [0.4, 0.5) is 0 Å². The molecule has 1 N–H and O–H groups in total. The zero-order chi connectivity index (χ0) is 17.8. The number of hydrogen-bond donors (Lipinski definition) is 1. The summed E-state index contributed by atoms with van der Waals surface area (Å²) in [6, 6.07) is 12.0. The molecular weight excluding hydrogens is 380 g/mol. The van der Waals surface area contributed by atoms with Gasteiger partial charge in [0.2, 0.25) is 0 Å². The van der Waals surface area contributed by atoms with E-state index >= 15 is 0 Å². The van der Waals surface area contributed by atoms with E-state index in [1.807, 2.05) is 43.3 Å². The van der Waals surface area contributed by atoms with Crippen LogP contribution in [0.3, 0.4) is 0 Å². The zero-order valence-corrected chi connectivity index (χ0v) is 16.4. The van der Waals surface area contributed by atoms with Crippen LogP contribution in [-0.2, 0) is 0 Å². The molecule has 2 aromatic carbocycles. The van der Waals surface area contributed by atoms with Crippen molar-refractivity contribution in [3.8, 4) is 22.9 Å². The van der Waals surface area contributed by atoms with E-state index in [-0.39, 0.29) is 0 Å². The second kappa shape index (κ2) is 7.91. The van der Waals surface area contributed by atoms with Gasteiger partial charge in [-0.1, -0.05) is 26.0 Å². The first-order valence-electron chi connectivity index (χ1n) is 8.62. The number of nitrogens with zero attached hydrogens (tertiary/aromatic N) is 1. The molecule has 0 atom stereocenters. The SMILES string of the molecule is CCOc1cc(-c2nc3ccccc3[nH]2)cc(Br)c1OCCC(C)C. The van der Waals surface area contributed by atoms with Crippen molar-refractivity contribution in [2.75, 3.05) is 13.2 Å². The Labute approximate surface area is 156 Å². The van der Waals surface area contributed by atoms with E-state index < -0.39 is 0 Å². The first-order valence-corrected chi connectivity index (χ1v) is 9.42. The number of fused-ring (bicyclic) bond motifs is 1. The number of rotatable bonds is 7. The fraction of sp³-hybridized carbons (Fsp3) is 0.350. The molecule has 0 fully saturated rings. The molecule has 132 valence electrons. The average Bonchev–Trinajstić information content (AvgIpc) is 3.01. The third-order valence-electron chi connectivity index (χ3n) is 3.91. The molecule has 0 unspecified atom stereocenters. The van der Waals surface area contributed by atoms with Crippen LogP contribution in [0.25, 0.3) is 22.4 Å². The Bertz CT molecular complexity index is 825. The molecule has 5 heteroatoms. The molecule has 0 amide bonds. The summed E-state index contributed by atoms with van der Waals surface area (Å²) in [5.41, 5.74) is 2.93. The minimum Gasteiger partial charge on any atom is -0.490 e. The van der Waals surface area contributed by atoms with Crippen LogP contribution in [-0.4, -0.2) is 23.2 Å². The van der Waals surface area contributed by atoms with Gasteiger partial charge < -0.3 is 14.5 Å². The predicted octanol–water partition coefficient (Wildman–Crippen LogP) is 5.82. The lowest BCUT2D eigenvalue weighted by atomic mass is 10.1. The molecule has 1 heterocycles. The second-order valence-corrected chi connectivity index (χ2v) is 7.21. The van der Waals surface area contributed by atoms with Gasteiger partial charge in [-0.3, -0.25) is 0 Å². The third kappa shape index (κ3) is 4.15. The van der Waals surface area contributed by atoms with Gasteiger partial charge in [0, 0.05) is 5.56 Å². The normalized spacial score (nSPS) is 11.2. The van der Waals surface area contributed by atoms with Gasteiger partial charge in [0.25, 0.3) is 0 Å². The Morgan fingerprint density at radius 1 is 1.16 bits per heavy atom. The Hall–Kier alpha value is -2.01. The summed E-state index contributed by atoms with van der Waals surface area (Å²) in [6.07, 6.45) is 1.00. The van der Waals surface area contributed by atoms with Crippen LogP contribution in [0.1, 0.15) is 27.2 Å². The number of ether oxygens (including phenoxy) is 2. The summed E-state index contributed by atoms with van der Waals surface area (Å²) < 4.78 is 12.7. The third-order valence-corrected chi connectivity index (χ3v) is 4.50. The summed E-state index contributed by atoms with van der Waals surface area (Å²) in [5, 5.41) is 0. The van der Waals surface area contributed by atoms with Crippen LogP contribution < -0.4 is 9.47 Å². The predicted molar refractivity (Wildman–Crippen MR) is 105 cm³/mol. The maximum atomic E-state index is 5.98. The smallest absolute Gasteiger partial charge is 0.175 e. The van der Waals surface area contributed by atoms with E-state index in [2.05, 4.69) is 39.7 Å². The van der Waals surface area contributed by atoms with Crippen LogP contribution in [0.15, 0.2) is 40.9 Å². The van der Waals surface area contributed by atoms with Crippen LogP contribution in [0.2, 0.25) is 0 Å². The summed E-state index contributed by atoms with van der Waals surface area (Å²) in [4.78, 5) is 8.03. The molecule has 0 radical (unpaired) electrons. The van der Waals surface area contributed by atoms with Crippen molar-refractivity contribution in [1.29, 1.82) is 0 Å². The monoisotopic (exact) mass is 402 g/mol. The standard InChI is InChI=1S/C20H23BrN2O2/c1-4-24-18-12-14(11-15(21)19(18)25-10-9-13(2)3)20-22-16-7-5-6-8-17(16)23-20/h5-8,11-13H,4,9-10H2,1-3H3,(H,22,23). The number of H-pyrrole nitrogens is 1. The van der Waals surface area contributed by atoms with Crippen molar-refractivity contribution in [3.63, 3.8) is 0 Å². The maximum absolute atomic E-state index is 5.98. The highest BCUT2D eigenvalue weighted by molar-refractivity contribution is 9.10. The maximum Gasteiger partial charge on any atom is 0.175 e. The molecule has 0 bridgehead atoms. The topological polar surface area (TPSA) is 47.1 Å². The van der Waals surface area contributed by atoms with E-state index in [1.54, 1.807) is 0 Å². The van der Waals surface area contributed by atoms with Gasteiger partial charge in [-0.2, -0.15) is 0 Å². The van der Waals surface area contributed by atoms with Gasteiger partial charge in [0.15, 0.2) is 11.5 Å². The Kier molecular flexibility index (Phi) is 5.63. The Morgan fingerprint density at radius 2 is 1.96 bits per heavy atom. The number of hydrogen-bond acceptors (Lipinski definition) is 3. The highest BCUT2D eigenvalue weighted by Crippen LogP contribution is 2.39. The van der Waals surface area contributed by atoms with Gasteiger partial charge in [0.05, 0.1) is 28.7 Å². The molecule has 0 saturated heterocycles. The van der Waals surface area contributed by atoms with E-state index in [4.69, 9.17) is 9.47 Å². The highest BCUT2D eigenvalue weighted by Gasteiger charge is 2.15. The average molecular weight is 403 g/mol. The van der Waals surface area contributed by atoms with Crippen molar-refractivity contribution < 1.29 is 9.47 Å². The summed E-state index contributed by atoms with van der Waals surface area (Å²) in [6.45, 7) is 7.59. The lowest BCUT2D eigenvalue weighted by Crippen LogP contribution is -2.04. The fourth-order valence-corrected chi connectivity index (χ4v) is 3.15. The first-order chi connectivity index (χ1) is 12.1. The summed E-state index contributed by atoms with van der Waals surface area (Å²) >= 11 is 3.63. The number of imidazole rings is 1. The molecule has 1 aromatic heterocycles. The van der Waals surface area contributed by atoms with E-state index in [0.29, 0.717) is 19.1 Å². The van der Waals surface area contributed by atoms with E-state index in [0.717, 1.165) is 44.8 Å². The molecule has 0 saturated carbocycles. The quantitative estimate of drug-likeness (QED) is 0.541. The Morgan fingerprint density at radius 3 is 2.68 bits per heavy atom. The van der Waals surface area contributed by atoms with E-state index in [1.165, 1.54) is 0 Å². The van der Waals surface area contributed by atoms with Crippen LogP contribution >= 0.6 is 15.9 Å². The minimum absolute atomic E-state index is 0.580. The lowest BCUT2D eigenvalue weighted by Gasteiger charge is -2.15. The molecule has 0 aliphatic carbocycles. The molecule has 0 aliphatic rings. The van der Waals surface area contributed by atoms with Crippen molar-refractivity contribution in [1.82, 2.24) is 9.97 Å². The van der Waals surface area contributed by atoms with Crippen LogP contribution in [0.5, 0.6) is 11.5 Å². The number of benzene rings is 2. The second-order valence-electron chi connectivity index (χ2n) is 6.35. The number of halogens is 1. The zero-order valence-electron chi connectivity index (χ0n) is 14.8. The molecule has 0 aliphatic heterocycles. The van der Waals surface area contributed by atoms with Crippen molar-refractivity contribution in [2.24, 2.45) is 5.92 Å². The molecular formula is C20H23BrN2O2. The van der Waals surface area contributed by atoms with Gasteiger partial charge in [-0.25, -0.2) is 4.98 Å².